The van der Waals surface area contributed by atoms with Crippen LogP contribution in [-0.4, -0.2) is 49.8 Å². The topological polar surface area (TPSA) is 105 Å². The van der Waals surface area contributed by atoms with Gasteiger partial charge in [-0.2, -0.15) is 0 Å². The number of nitrogens with two attached hydrogens (primary N) is 1. The maximum Gasteiger partial charge on any atom is 0.256 e. The monoisotopic (exact) mass is 290 g/mol. The zero-order valence-electron chi connectivity index (χ0n) is 10.6. The Morgan fingerprint density at radius 2 is 2.21 bits per heavy atom. The fourth-order valence-electron chi connectivity index (χ4n) is 1.32. The van der Waals surface area contributed by atoms with Crippen LogP contribution in [0.3, 0.4) is 0 Å². The maximum absolute atomic E-state index is 13.8. The van der Waals surface area contributed by atoms with E-state index in [1.165, 1.54) is 19.3 Å². The van der Waals surface area contributed by atoms with E-state index in [4.69, 9.17) is 5.84 Å². The summed E-state index contributed by atoms with van der Waals surface area (Å²) in [7, 11) is -1.80. The summed E-state index contributed by atoms with van der Waals surface area (Å²) in [5, 5.41) is 0. The Balaban J connectivity index is 2.88. The van der Waals surface area contributed by atoms with Crippen LogP contribution in [0.1, 0.15) is 10.4 Å². The quantitative estimate of drug-likeness (QED) is 0.566. The number of anilines is 1. The zero-order valence-corrected chi connectivity index (χ0v) is 11.4. The molecule has 0 radical (unpaired) electrons. The fourth-order valence-corrected chi connectivity index (χ4v) is 1.92. The van der Waals surface area contributed by atoms with Crippen molar-refractivity contribution in [2.45, 2.75) is 0 Å². The smallest absolute Gasteiger partial charge is 0.256 e. The highest BCUT2D eigenvalue weighted by Gasteiger charge is 2.19. The predicted octanol–water partition coefficient (Wildman–Crippen LogP) is -0.377. The molecule has 1 aromatic rings. The molecule has 0 aromatic carbocycles. The largest absolute Gasteiger partial charge is 0.341 e. The minimum absolute atomic E-state index is 0.0230. The van der Waals surface area contributed by atoms with Gasteiger partial charge in [-0.15, -0.1) is 0 Å². The van der Waals surface area contributed by atoms with Crippen molar-refractivity contribution in [2.24, 2.45) is 5.84 Å². The van der Waals surface area contributed by atoms with Crippen LogP contribution in [-0.2, 0) is 9.84 Å². The van der Waals surface area contributed by atoms with Crippen LogP contribution in [0, 0.1) is 5.82 Å². The minimum Gasteiger partial charge on any atom is -0.341 e. The van der Waals surface area contributed by atoms with E-state index < -0.39 is 21.6 Å². The third-order valence-corrected chi connectivity index (χ3v) is 3.32. The van der Waals surface area contributed by atoms with E-state index in [0.717, 1.165) is 11.2 Å². The van der Waals surface area contributed by atoms with E-state index in [2.05, 4.69) is 4.98 Å². The minimum atomic E-state index is -3.19. The number of aromatic nitrogens is 1. The second-order valence-electron chi connectivity index (χ2n) is 4.02. The van der Waals surface area contributed by atoms with E-state index >= 15 is 0 Å². The van der Waals surface area contributed by atoms with Crippen molar-refractivity contribution < 1.29 is 17.6 Å². The van der Waals surface area contributed by atoms with Crippen LogP contribution < -0.4 is 11.3 Å². The van der Waals surface area contributed by atoms with Crippen molar-refractivity contribution >= 4 is 21.6 Å². The van der Waals surface area contributed by atoms with E-state index in [1.54, 1.807) is 0 Å². The standard InChI is InChI=1S/C10H15FN4O3S/c1-15(5-6-19(2,17)18)10(16)7-3-4-13-9(14-12)8(7)11/h3-4H,5-6,12H2,1-2H3,(H,13,14). The Hall–Kier alpha value is -1.74. The summed E-state index contributed by atoms with van der Waals surface area (Å²) in [5.41, 5.74) is 1.81. The number of nitrogen functional groups attached to an aromatic ring is 1. The molecule has 0 saturated heterocycles. The molecule has 1 aromatic heterocycles. The lowest BCUT2D eigenvalue weighted by Gasteiger charge is -2.17. The number of sulfone groups is 1. The van der Waals surface area contributed by atoms with Crippen LogP contribution in [0.15, 0.2) is 12.3 Å². The van der Waals surface area contributed by atoms with Gasteiger partial charge in [0.25, 0.3) is 5.91 Å². The van der Waals surface area contributed by atoms with Gasteiger partial charge in [-0.05, 0) is 6.07 Å². The molecule has 0 aliphatic carbocycles. The van der Waals surface area contributed by atoms with Gasteiger partial charge in [0.2, 0.25) is 0 Å². The number of carbonyl (C=O) groups is 1. The first-order chi connectivity index (χ1) is 8.76. The molecule has 7 nitrogen and oxygen atoms in total. The molecule has 0 saturated carbocycles. The first-order valence-corrected chi connectivity index (χ1v) is 7.36. The van der Waals surface area contributed by atoms with Crippen molar-refractivity contribution in [2.75, 3.05) is 31.0 Å². The number of hydrazine groups is 1. The molecule has 1 rings (SSSR count). The Labute approximate surface area is 110 Å². The molecule has 0 bridgehead atoms. The molecule has 0 atom stereocenters. The number of halogens is 1. The molecule has 0 aliphatic rings. The lowest BCUT2D eigenvalue weighted by Crippen LogP contribution is -2.32. The SMILES string of the molecule is CN(CCS(C)(=O)=O)C(=O)c1ccnc(NN)c1F. The first-order valence-electron chi connectivity index (χ1n) is 5.30. The summed E-state index contributed by atoms with van der Waals surface area (Å²) >= 11 is 0. The second kappa shape index (κ2) is 5.93. The number of pyridine rings is 1. The van der Waals surface area contributed by atoms with Crippen molar-refractivity contribution in [1.29, 1.82) is 0 Å². The predicted molar refractivity (Wildman–Crippen MR) is 68.7 cm³/mol. The molecule has 0 aliphatic heterocycles. The number of rotatable bonds is 5. The molecule has 9 heteroatoms. The number of hydrogen-bond acceptors (Lipinski definition) is 6. The lowest BCUT2D eigenvalue weighted by atomic mass is 10.2. The maximum atomic E-state index is 13.8. The summed E-state index contributed by atoms with van der Waals surface area (Å²) in [5.74, 6) is 3.10. The molecular formula is C10H15FN4O3S. The molecule has 0 unspecified atom stereocenters. The summed E-state index contributed by atoms with van der Waals surface area (Å²) in [6.07, 6.45) is 2.30. The molecule has 19 heavy (non-hydrogen) atoms. The van der Waals surface area contributed by atoms with E-state index in [1.807, 2.05) is 5.43 Å². The third kappa shape index (κ3) is 4.14. The van der Waals surface area contributed by atoms with Gasteiger partial charge >= 0.3 is 0 Å². The molecule has 0 spiro atoms. The number of hydrogen-bond donors (Lipinski definition) is 2. The molecule has 1 heterocycles. The van der Waals surface area contributed by atoms with Crippen molar-refractivity contribution in [3.05, 3.63) is 23.6 Å². The van der Waals surface area contributed by atoms with E-state index in [-0.39, 0.29) is 23.7 Å². The van der Waals surface area contributed by atoms with Gasteiger partial charge in [0.1, 0.15) is 9.84 Å². The first kappa shape index (κ1) is 15.3. The lowest BCUT2D eigenvalue weighted by molar-refractivity contribution is 0.0799. The molecule has 3 N–H and O–H groups in total. The van der Waals surface area contributed by atoms with Gasteiger partial charge in [-0.3, -0.25) is 4.79 Å². The van der Waals surface area contributed by atoms with E-state index in [0.29, 0.717) is 0 Å². The highest BCUT2D eigenvalue weighted by Crippen LogP contribution is 2.15. The van der Waals surface area contributed by atoms with Gasteiger partial charge in [0.15, 0.2) is 11.6 Å². The van der Waals surface area contributed by atoms with Gasteiger partial charge in [-0.1, -0.05) is 0 Å². The highest BCUT2D eigenvalue weighted by molar-refractivity contribution is 7.90. The second-order valence-corrected chi connectivity index (χ2v) is 6.28. The van der Waals surface area contributed by atoms with Crippen LogP contribution in [0.25, 0.3) is 0 Å². The van der Waals surface area contributed by atoms with Crippen molar-refractivity contribution in [1.82, 2.24) is 9.88 Å². The number of nitrogens with zero attached hydrogens (tertiary/aromatic N) is 2. The Morgan fingerprint density at radius 3 is 2.74 bits per heavy atom. The number of amides is 1. The van der Waals surface area contributed by atoms with Crippen LogP contribution in [0.2, 0.25) is 0 Å². The Morgan fingerprint density at radius 1 is 1.58 bits per heavy atom. The van der Waals surface area contributed by atoms with Gasteiger partial charge < -0.3 is 10.3 Å². The Kier molecular flexibility index (Phi) is 4.78. The zero-order chi connectivity index (χ0) is 14.6. The van der Waals surface area contributed by atoms with Crippen LogP contribution in [0.4, 0.5) is 10.2 Å². The van der Waals surface area contributed by atoms with Gasteiger partial charge in [0, 0.05) is 26.0 Å². The van der Waals surface area contributed by atoms with Crippen molar-refractivity contribution in [3.63, 3.8) is 0 Å². The summed E-state index contributed by atoms with van der Waals surface area (Å²) in [6, 6.07) is 1.20. The van der Waals surface area contributed by atoms with E-state index in [9.17, 15) is 17.6 Å². The normalized spacial score (nSPS) is 11.2. The molecule has 106 valence electrons. The molecule has 0 fully saturated rings. The Bertz CT molecular complexity index is 576. The fraction of sp³-hybridized carbons (Fsp3) is 0.400. The average Bonchev–Trinajstić information content (AvgIpc) is 2.34. The highest BCUT2D eigenvalue weighted by atomic mass is 32.2. The number of carbonyl (C=O) groups excluding carboxylic acids is 1. The summed E-state index contributed by atoms with van der Waals surface area (Å²) in [6.45, 7) is -0.0230. The van der Waals surface area contributed by atoms with Crippen LogP contribution >= 0.6 is 0 Å². The number of nitrogens with one attached hydrogen (secondary N) is 1. The third-order valence-electron chi connectivity index (χ3n) is 2.40. The molecular weight excluding hydrogens is 275 g/mol. The van der Waals surface area contributed by atoms with Crippen molar-refractivity contribution in [3.8, 4) is 0 Å². The summed E-state index contributed by atoms with van der Waals surface area (Å²) in [4.78, 5) is 16.7. The van der Waals surface area contributed by atoms with Crippen LogP contribution in [0.5, 0.6) is 0 Å². The average molecular weight is 290 g/mol. The van der Waals surface area contributed by atoms with Gasteiger partial charge in [-0.25, -0.2) is 23.6 Å². The molecule has 1 amide bonds. The summed E-state index contributed by atoms with van der Waals surface area (Å²) < 4.78 is 35.8. The van der Waals surface area contributed by atoms with Gasteiger partial charge in [0.05, 0.1) is 11.3 Å².